The number of hydrogen-bond donors (Lipinski definition) is 1. The van der Waals surface area contributed by atoms with Gasteiger partial charge in [-0.15, -0.1) is 0 Å². The molecule has 1 N–H and O–H groups in total. The SMILES string of the molecule is CC[C@H]1CCCCN1S(=O)(=O)c1cc(C(=O)O)c(Cl)cc1Cl. The molecule has 1 aromatic carbocycles. The fourth-order valence-electron chi connectivity index (χ4n) is 2.72. The number of rotatable bonds is 4. The zero-order chi connectivity index (χ0) is 16.5. The molecule has 1 aliphatic rings. The van der Waals surface area contributed by atoms with Crippen LogP contribution in [-0.2, 0) is 10.0 Å². The van der Waals surface area contributed by atoms with Gasteiger partial charge < -0.3 is 5.11 Å². The summed E-state index contributed by atoms with van der Waals surface area (Å²) in [5.74, 6) is -1.29. The first-order valence-corrected chi connectivity index (χ1v) is 9.22. The van der Waals surface area contributed by atoms with Crippen molar-refractivity contribution in [2.24, 2.45) is 0 Å². The quantitative estimate of drug-likeness (QED) is 0.883. The molecule has 1 aromatic rings. The second-order valence-corrected chi connectivity index (χ2v) is 7.91. The molecular formula is C14H17Cl2NO4S. The van der Waals surface area contributed by atoms with E-state index in [0.717, 1.165) is 25.3 Å². The normalized spacial score (nSPS) is 20.0. The third-order valence-electron chi connectivity index (χ3n) is 3.88. The molecule has 1 aliphatic heterocycles. The van der Waals surface area contributed by atoms with Crippen LogP contribution in [0.4, 0.5) is 0 Å². The molecule has 1 saturated heterocycles. The Balaban J connectivity index is 2.53. The summed E-state index contributed by atoms with van der Waals surface area (Å²) < 4.78 is 27.2. The minimum Gasteiger partial charge on any atom is -0.478 e. The molecule has 0 unspecified atom stereocenters. The lowest BCUT2D eigenvalue weighted by molar-refractivity contribution is 0.0697. The Morgan fingerprint density at radius 3 is 2.59 bits per heavy atom. The molecule has 1 heterocycles. The van der Waals surface area contributed by atoms with E-state index in [2.05, 4.69) is 0 Å². The highest BCUT2D eigenvalue weighted by Crippen LogP contribution is 2.33. The summed E-state index contributed by atoms with van der Waals surface area (Å²) in [7, 11) is -3.85. The summed E-state index contributed by atoms with van der Waals surface area (Å²) in [5.41, 5.74) is -0.269. The number of piperidine rings is 1. The van der Waals surface area contributed by atoms with Crippen LogP contribution in [0, 0.1) is 0 Å². The molecule has 2 rings (SSSR count). The zero-order valence-electron chi connectivity index (χ0n) is 12.1. The van der Waals surface area contributed by atoms with Gasteiger partial charge in [0.05, 0.1) is 15.6 Å². The van der Waals surface area contributed by atoms with Crippen molar-refractivity contribution in [3.8, 4) is 0 Å². The summed E-state index contributed by atoms with van der Waals surface area (Å²) in [4.78, 5) is 11.0. The predicted octanol–water partition coefficient (Wildman–Crippen LogP) is 3.64. The van der Waals surface area contributed by atoms with Crippen molar-refractivity contribution >= 4 is 39.2 Å². The second kappa shape index (κ2) is 6.74. The summed E-state index contributed by atoms with van der Waals surface area (Å²) in [6, 6.07) is 2.13. The van der Waals surface area contributed by atoms with Crippen molar-refractivity contribution in [3.05, 3.63) is 27.7 Å². The number of nitrogens with zero attached hydrogens (tertiary/aromatic N) is 1. The van der Waals surface area contributed by atoms with Crippen LogP contribution in [0.15, 0.2) is 17.0 Å². The van der Waals surface area contributed by atoms with Crippen molar-refractivity contribution < 1.29 is 18.3 Å². The molecular weight excluding hydrogens is 349 g/mol. The average Bonchev–Trinajstić information content (AvgIpc) is 2.46. The number of benzene rings is 1. The molecule has 5 nitrogen and oxygen atoms in total. The molecule has 1 fully saturated rings. The van der Waals surface area contributed by atoms with Crippen molar-refractivity contribution in [3.63, 3.8) is 0 Å². The maximum atomic E-state index is 12.9. The summed E-state index contributed by atoms with van der Waals surface area (Å²) in [5, 5.41) is 8.98. The third-order valence-corrected chi connectivity index (χ3v) is 6.61. The minimum atomic E-state index is -3.85. The Morgan fingerprint density at radius 2 is 2.00 bits per heavy atom. The molecule has 0 spiro atoms. The van der Waals surface area contributed by atoms with E-state index in [1.54, 1.807) is 0 Å². The number of carbonyl (C=O) groups is 1. The lowest BCUT2D eigenvalue weighted by atomic mass is 10.0. The largest absolute Gasteiger partial charge is 0.478 e. The summed E-state index contributed by atoms with van der Waals surface area (Å²) in [6.07, 6.45) is 3.27. The number of hydrogen-bond acceptors (Lipinski definition) is 3. The monoisotopic (exact) mass is 365 g/mol. The third kappa shape index (κ3) is 3.25. The highest BCUT2D eigenvalue weighted by atomic mass is 35.5. The molecule has 0 aliphatic carbocycles. The maximum Gasteiger partial charge on any atom is 0.337 e. The predicted molar refractivity (Wildman–Crippen MR) is 85.2 cm³/mol. The van der Waals surface area contributed by atoms with Crippen LogP contribution in [-0.4, -0.2) is 36.4 Å². The van der Waals surface area contributed by atoms with E-state index in [-0.39, 0.29) is 26.5 Å². The zero-order valence-corrected chi connectivity index (χ0v) is 14.4. The van der Waals surface area contributed by atoms with Crippen molar-refractivity contribution in [2.45, 2.75) is 43.5 Å². The smallest absolute Gasteiger partial charge is 0.337 e. The van der Waals surface area contributed by atoms with Crippen LogP contribution in [0.2, 0.25) is 10.0 Å². The average molecular weight is 366 g/mol. The van der Waals surface area contributed by atoms with Gasteiger partial charge in [0.15, 0.2) is 0 Å². The van der Waals surface area contributed by atoms with E-state index in [4.69, 9.17) is 28.3 Å². The van der Waals surface area contributed by atoms with Crippen LogP contribution in [0.25, 0.3) is 0 Å². The van der Waals surface area contributed by atoms with E-state index < -0.39 is 16.0 Å². The van der Waals surface area contributed by atoms with Crippen molar-refractivity contribution in [2.75, 3.05) is 6.54 Å². The molecule has 0 aromatic heterocycles. The molecule has 122 valence electrons. The van der Waals surface area contributed by atoms with Crippen molar-refractivity contribution in [1.82, 2.24) is 4.31 Å². The molecule has 0 radical (unpaired) electrons. The van der Waals surface area contributed by atoms with Crippen LogP contribution < -0.4 is 0 Å². The van der Waals surface area contributed by atoms with E-state index >= 15 is 0 Å². The van der Waals surface area contributed by atoms with Gasteiger partial charge >= 0.3 is 5.97 Å². The summed E-state index contributed by atoms with van der Waals surface area (Å²) >= 11 is 11.8. The van der Waals surface area contributed by atoms with Gasteiger partial charge in [-0.1, -0.05) is 36.5 Å². The molecule has 0 amide bonds. The van der Waals surface area contributed by atoms with Crippen molar-refractivity contribution in [1.29, 1.82) is 0 Å². The first kappa shape index (κ1) is 17.5. The van der Waals surface area contributed by atoms with Gasteiger partial charge in [0.25, 0.3) is 0 Å². The lowest BCUT2D eigenvalue weighted by Crippen LogP contribution is -2.43. The number of carboxylic acids is 1. The minimum absolute atomic E-state index is 0.0598. The number of sulfonamides is 1. The van der Waals surface area contributed by atoms with Gasteiger partial charge in [0.1, 0.15) is 4.90 Å². The van der Waals surface area contributed by atoms with Gasteiger partial charge in [-0.2, -0.15) is 4.31 Å². The Hall–Kier alpha value is -0.820. The number of halogens is 2. The highest BCUT2D eigenvalue weighted by molar-refractivity contribution is 7.89. The first-order valence-electron chi connectivity index (χ1n) is 7.03. The molecule has 0 bridgehead atoms. The first-order chi connectivity index (χ1) is 10.3. The van der Waals surface area contributed by atoms with Crippen LogP contribution >= 0.6 is 23.2 Å². The fraction of sp³-hybridized carbons (Fsp3) is 0.500. The van der Waals surface area contributed by atoms with Gasteiger partial charge in [-0.3, -0.25) is 0 Å². The molecule has 1 atom stereocenters. The number of aromatic carboxylic acids is 1. The standard InChI is InChI=1S/C14H17Cl2NO4S/c1-2-9-5-3-4-6-17(9)22(20,21)13-7-10(14(18)19)11(15)8-12(13)16/h7-9H,2-6H2,1H3,(H,18,19)/t9-/m0/s1. The van der Waals surface area contributed by atoms with E-state index in [0.29, 0.717) is 13.0 Å². The van der Waals surface area contributed by atoms with Gasteiger partial charge in [-0.25, -0.2) is 13.2 Å². The number of carboxylic acid groups (broad SMARTS) is 1. The topological polar surface area (TPSA) is 74.7 Å². The molecule has 22 heavy (non-hydrogen) atoms. The van der Waals surface area contributed by atoms with E-state index in [1.807, 2.05) is 6.92 Å². The summed E-state index contributed by atoms with van der Waals surface area (Å²) in [6.45, 7) is 2.35. The van der Waals surface area contributed by atoms with Gasteiger partial charge in [-0.05, 0) is 31.4 Å². The lowest BCUT2D eigenvalue weighted by Gasteiger charge is -2.34. The van der Waals surface area contributed by atoms with E-state index in [1.165, 1.54) is 10.4 Å². The highest BCUT2D eigenvalue weighted by Gasteiger charge is 2.34. The Labute approximate surface area is 139 Å². The molecule has 0 saturated carbocycles. The molecule has 8 heteroatoms. The van der Waals surface area contributed by atoms with Crippen LogP contribution in [0.5, 0.6) is 0 Å². The van der Waals surface area contributed by atoms with Gasteiger partial charge in [0.2, 0.25) is 10.0 Å². The Morgan fingerprint density at radius 1 is 1.32 bits per heavy atom. The van der Waals surface area contributed by atoms with Crippen LogP contribution in [0.1, 0.15) is 43.0 Å². The van der Waals surface area contributed by atoms with E-state index in [9.17, 15) is 13.2 Å². The van der Waals surface area contributed by atoms with Gasteiger partial charge in [0, 0.05) is 12.6 Å². The van der Waals surface area contributed by atoms with Crippen LogP contribution in [0.3, 0.4) is 0 Å². The Bertz CT molecular complexity index is 690. The second-order valence-electron chi connectivity index (χ2n) is 5.24. The maximum absolute atomic E-state index is 12.9. The fourth-order valence-corrected chi connectivity index (χ4v) is 5.31. The Kier molecular flexibility index (Phi) is 5.37.